The topological polar surface area (TPSA) is 100 Å². The molecular weight excluding hydrogens is 396 g/mol. The Balaban J connectivity index is 1.86. The van der Waals surface area contributed by atoms with E-state index in [9.17, 15) is 20.1 Å². The molecule has 1 unspecified atom stereocenters. The highest BCUT2D eigenvalue weighted by molar-refractivity contribution is 5.90. The lowest BCUT2D eigenvalue weighted by molar-refractivity contribution is -0.0415. The molecule has 2 aromatic carbocycles. The van der Waals surface area contributed by atoms with E-state index in [1.54, 1.807) is 38.1 Å². The van der Waals surface area contributed by atoms with E-state index >= 15 is 0 Å². The molecule has 1 aliphatic heterocycles. The van der Waals surface area contributed by atoms with E-state index in [2.05, 4.69) is 0 Å². The molecule has 0 bridgehead atoms. The zero-order chi connectivity index (χ0) is 22.5. The number of ether oxygens (including phenoxy) is 1. The molecule has 1 aliphatic rings. The fourth-order valence-corrected chi connectivity index (χ4v) is 3.79. The van der Waals surface area contributed by atoms with E-state index in [-0.39, 0.29) is 39.9 Å². The summed E-state index contributed by atoms with van der Waals surface area (Å²) in [5, 5.41) is 31.5. The van der Waals surface area contributed by atoms with Crippen LogP contribution in [0.25, 0.3) is 22.1 Å². The molecule has 1 aromatic heterocycles. The predicted octanol–water partition coefficient (Wildman–Crippen LogP) is 4.45. The van der Waals surface area contributed by atoms with E-state index in [0.29, 0.717) is 28.9 Å². The van der Waals surface area contributed by atoms with Gasteiger partial charge in [-0.15, -0.1) is 0 Å². The van der Waals surface area contributed by atoms with Crippen molar-refractivity contribution in [3.63, 3.8) is 0 Å². The number of aliphatic hydroxyl groups is 1. The summed E-state index contributed by atoms with van der Waals surface area (Å²) in [4.78, 5) is 13.3. The molecule has 3 N–H and O–H groups in total. The fourth-order valence-electron chi connectivity index (χ4n) is 3.79. The number of phenolic OH excluding ortho intramolecular Hbond substituents is 2. The monoisotopic (exact) mass is 422 g/mol. The Labute approximate surface area is 180 Å². The van der Waals surface area contributed by atoms with Crippen LogP contribution >= 0.6 is 0 Å². The maximum atomic E-state index is 13.3. The van der Waals surface area contributed by atoms with Crippen LogP contribution in [0.1, 0.15) is 38.8 Å². The number of fused-ring (bicyclic) bond motifs is 2. The van der Waals surface area contributed by atoms with Crippen LogP contribution in [0.5, 0.6) is 17.2 Å². The van der Waals surface area contributed by atoms with Gasteiger partial charge in [0.2, 0.25) is 5.43 Å². The van der Waals surface area contributed by atoms with Crippen LogP contribution in [0.15, 0.2) is 51.4 Å². The van der Waals surface area contributed by atoms with E-state index in [4.69, 9.17) is 9.15 Å². The molecule has 0 spiro atoms. The van der Waals surface area contributed by atoms with Crippen LogP contribution < -0.4 is 10.2 Å². The molecule has 0 amide bonds. The number of aromatic hydroxyl groups is 2. The normalized spacial score (nSPS) is 17.1. The molecule has 2 heterocycles. The number of allylic oxidation sites excluding steroid dienone is 2. The Bertz CT molecular complexity index is 1260. The third-order valence-electron chi connectivity index (χ3n) is 5.80. The van der Waals surface area contributed by atoms with Gasteiger partial charge in [0.1, 0.15) is 40.1 Å². The van der Waals surface area contributed by atoms with Gasteiger partial charge in [-0.1, -0.05) is 17.7 Å². The van der Waals surface area contributed by atoms with Gasteiger partial charge in [0.25, 0.3) is 0 Å². The first-order valence-electron chi connectivity index (χ1n) is 10.2. The van der Waals surface area contributed by atoms with Gasteiger partial charge in [0, 0.05) is 18.1 Å². The molecule has 1 atom stereocenters. The predicted molar refractivity (Wildman–Crippen MR) is 119 cm³/mol. The summed E-state index contributed by atoms with van der Waals surface area (Å²) in [7, 11) is 0. The second-order valence-corrected chi connectivity index (χ2v) is 8.81. The molecule has 0 radical (unpaired) electrons. The van der Waals surface area contributed by atoms with Crippen molar-refractivity contribution in [2.45, 2.75) is 52.2 Å². The molecule has 4 rings (SSSR count). The van der Waals surface area contributed by atoms with Crippen molar-refractivity contribution in [1.82, 2.24) is 0 Å². The first-order valence-corrected chi connectivity index (χ1v) is 10.2. The van der Waals surface area contributed by atoms with Crippen molar-refractivity contribution < 1.29 is 24.5 Å². The van der Waals surface area contributed by atoms with E-state index < -0.39 is 11.7 Å². The molecule has 31 heavy (non-hydrogen) atoms. The van der Waals surface area contributed by atoms with Crippen molar-refractivity contribution in [2.24, 2.45) is 0 Å². The first-order chi connectivity index (χ1) is 14.6. The summed E-state index contributed by atoms with van der Waals surface area (Å²) in [5.74, 6) is 0.308. The average Bonchev–Trinajstić information content (AvgIpc) is 2.69. The van der Waals surface area contributed by atoms with Crippen LogP contribution in [-0.2, 0) is 12.8 Å². The molecule has 0 fully saturated rings. The van der Waals surface area contributed by atoms with Gasteiger partial charge in [-0.2, -0.15) is 0 Å². The van der Waals surface area contributed by atoms with Gasteiger partial charge < -0.3 is 24.5 Å². The SMILES string of the molecule is CC(C)=CCc1cc(-c2coc3cc4c(c(O)c3c2=O)CC(O)C(C)(C)O4)ccc1O. The number of hydrogen-bond acceptors (Lipinski definition) is 6. The minimum absolute atomic E-state index is 0.0469. The molecule has 0 aliphatic carbocycles. The van der Waals surface area contributed by atoms with Gasteiger partial charge in [0.15, 0.2) is 0 Å². The number of benzene rings is 2. The molecule has 6 nitrogen and oxygen atoms in total. The lowest BCUT2D eigenvalue weighted by Gasteiger charge is -2.37. The molecule has 6 heteroatoms. The molecule has 162 valence electrons. The van der Waals surface area contributed by atoms with Gasteiger partial charge in [-0.05, 0) is 57.4 Å². The second-order valence-electron chi connectivity index (χ2n) is 8.81. The minimum Gasteiger partial charge on any atom is -0.508 e. The second kappa shape index (κ2) is 7.46. The third kappa shape index (κ3) is 3.68. The third-order valence-corrected chi connectivity index (χ3v) is 5.80. The molecule has 3 aromatic rings. The molecule has 0 saturated carbocycles. The highest BCUT2D eigenvalue weighted by atomic mass is 16.5. The highest BCUT2D eigenvalue weighted by Crippen LogP contribution is 2.42. The number of phenols is 2. The van der Waals surface area contributed by atoms with Gasteiger partial charge >= 0.3 is 0 Å². The Morgan fingerprint density at radius 1 is 1.23 bits per heavy atom. The summed E-state index contributed by atoms with van der Waals surface area (Å²) in [6, 6.07) is 6.52. The first kappa shape index (κ1) is 21.0. The zero-order valence-electron chi connectivity index (χ0n) is 18.0. The maximum Gasteiger partial charge on any atom is 0.204 e. The lowest BCUT2D eigenvalue weighted by Crippen LogP contribution is -2.46. The Morgan fingerprint density at radius 3 is 2.68 bits per heavy atom. The standard InChI is InChI=1S/C25H26O6/c1-13(2)5-6-15-9-14(7-8-18(15)26)17-12-30-20-11-19-16(23(28)22(20)24(17)29)10-21(27)25(3,4)31-19/h5,7-9,11-12,21,26-28H,6,10H2,1-4H3. The van der Waals surface area contributed by atoms with Gasteiger partial charge in [0.05, 0.1) is 11.7 Å². The van der Waals surface area contributed by atoms with E-state index in [0.717, 1.165) is 5.57 Å². The van der Waals surface area contributed by atoms with Crippen molar-refractivity contribution in [3.8, 4) is 28.4 Å². The number of aliphatic hydroxyl groups excluding tert-OH is 1. The summed E-state index contributed by atoms with van der Waals surface area (Å²) < 4.78 is 11.6. The smallest absolute Gasteiger partial charge is 0.204 e. The van der Waals surface area contributed by atoms with Crippen LogP contribution in [-0.4, -0.2) is 27.0 Å². The average molecular weight is 422 g/mol. The maximum absolute atomic E-state index is 13.3. The van der Waals surface area contributed by atoms with Gasteiger partial charge in [-0.3, -0.25) is 4.79 Å². The summed E-state index contributed by atoms with van der Waals surface area (Å²) in [5.41, 5.74) is 2.06. The summed E-state index contributed by atoms with van der Waals surface area (Å²) in [6.45, 7) is 7.48. The van der Waals surface area contributed by atoms with Gasteiger partial charge in [-0.25, -0.2) is 0 Å². The molecular formula is C25H26O6. The van der Waals surface area contributed by atoms with Crippen LogP contribution in [0.2, 0.25) is 0 Å². The zero-order valence-corrected chi connectivity index (χ0v) is 18.0. The Morgan fingerprint density at radius 2 is 1.97 bits per heavy atom. The van der Waals surface area contributed by atoms with Crippen molar-refractivity contribution >= 4 is 11.0 Å². The Kier molecular flexibility index (Phi) is 5.06. The van der Waals surface area contributed by atoms with E-state index in [1.165, 1.54) is 6.26 Å². The fraction of sp³-hybridized carbons (Fsp3) is 0.320. The highest BCUT2D eigenvalue weighted by Gasteiger charge is 2.38. The Hall–Kier alpha value is -3.25. The lowest BCUT2D eigenvalue weighted by atomic mass is 9.89. The summed E-state index contributed by atoms with van der Waals surface area (Å²) in [6.07, 6.45) is 3.22. The largest absolute Gasteiger partial charge is 0.508 e. The van der Waals surface area contributed by atoms with E-state index in [1.807, 2.05) is 19.9 Å². The molecule has 0 saturated heterocycles. The van der Waals surface area contributed by atoms with Crippen molar-refractivity contribution in [2.75, 3.05) is 0 Å². The van der Waals surface area contributed by atoms with Crippen LogP contribution in [0.3, 0.4) is 0 Å². The van der Waals surface area contributed by atoms with Crippen LogP contribution in [0.4, 0.5) is 0 Å². The number of hydrogen-bond donors (Lipinski definition) is 3. The number of rotatable bonds is 3. The van der Waals surface area contributed by atoms with Crippen molar-refractivity contribution in [3.05, 3.63) is 63.5 Å². The van der Waals surface area contributed by atoms with Crippen molar-refractivity contribution in [1.29, 1.82) is 0 Å². The minimum atomic E-state index is -0.826. The quantitative estimate of drug-likeness (QED) is 0.539. The summed E-state index contributed by atoms with van der Waals surface area (Å²) >= 11 is 0. The van der Waals surface area contributed by atoms with Crippen LogP contribution in [0, 0.1) is 0 Å².